The van der Waals surface area contributed by atoms with Crippen LogP contribution in [-0.2, 0) is 11.3 Å². The van der Waals surface area contributed by atoms with E-state index in [2.05, 4.69) is 22.1 Å². The third-order valence-corrected chi connectivity index (χ3v) is 3.89. The number of nitrogens with one attached hydrogen (secondary N) is 1. The highest BCUT2D eigenvalue weighted by molar-refractivity contribution is 5.82. The normalized spacial score (nSPS) is 18.2. The molecule has 1 aliphatic carbocycles. The van der Waals surface area contributed by atoms with Crippen molar-refractivity contribution in [1.29, 1.82) is 0 Å². The van der Waals surface area contributed by atoms with Crippen molar-refractivity contribution in [2.24, 2.45) is 5.41 Å². The Labute approximate surface area is 102 Å². The molecule has 0 aliphatic heterocycles. The minimum Gasteiger partial charge on any atom is -0.338 e. The third-order valence-electron chi connectivity index (χ3n) is 3.89. The zero-order valence-electron chi connectivity index (χ0n) is 10.6. The molecule has 0 radical (unpaired) electrons. The summed E-state index contributed by atoms with van der Waals surface area (Å²) >= 11 is 0. The van der Waals surface area contributed by atoms with Crippen LogP contribution in [0, 0.1) is 5.41 Å². The van der Waals surface area contributed by atoms with Crippen molar-refractivity contribution in [3.05, 3.63) is 12.2 Å². The van der Waals surface area contributed by atoms with E-state index >= 15 is 0 Å². The Kier molecular flexibility index (Phi) is 3.45. The molecule has 5 heteroatoms. The average molecular weight is 236 g/mol. The fraction of sp³-hybridized carbons (Fsp3) is 0.750. The maximum Gasteiger partial charge on any atom is 0.228 e. The van der Waals surface area contributed by atoms with Crippen molar-refractivity contribution >= 4 is 5.91 Å². The fourth-order valence-electron chi connectivity index (χ4n) is 2.78. The van der Waals surface area contributed by atoms with Crippen molar-refractivity contribution < 1.29 is 4.79 Å². The maximum atomic E-state index is 12.5. The van der Waals surface area contributed by atoms with Crippen LogP contribution in [0.2, 0.25) is 0 Å². The summed E-state index contributed by atoms with van der Waals surface area (Å²) in [6, 6.07) is 0. The summed E-state index contributed by atoms with van der Waals surface area (Å²) in [7, 11) is 1.85. The zero-order chi connectivity index (χ0) is 12.3. The first-order chi connectivity index (χ1) is 8.18. The second-order valence-electron chi connectivity index (χ2n) is 4.93. The Balaban J connectivity index is 2.03. The Hall–Kier alpha value is -1.39. The molecule has 1 N–H and O–H groups in total. The number of H-pyrrole nitrogens is 1. The standard InChI is InChI=1S/C12H20N4O/c1-3-12(6-4-5-7-12)11(17)16(2)8-10-13-9-14-15-10/h9H,3-8H2,1-2H3,(H,13,14,15). The second kappa shape index (κ2) is 4.85. The molecule has 1 fully saturated rings. The summed E-state index contributed by atoms with van der Waals surface area (Å²) in [4.78, 5) is 18.3. The van der Waals surface area contributed by atoms with Crippen LogP contribution >= 0.6 is 0 Å². The highest BCUT2D eigenvalue weighted by Gasteiger charge is 2.40. The lowest BCUT2D eigenvalue weighted by Gasteiger charge is -2.31. The topological polar surface area (TPSA) is 61.9 Å². The quantitative estimate of drug-likeness (QED) is 0.866. The van der Waals surface area contributed by atoms with Gasteiger partial charge in [-0.2, -0.15) is 5.10 Å². The Bertz CT molecular complexity index is 368. The van der Waals surface area contributed by atoms with E-state index in [9.17, 15) is 4.79 Å². The van der Waals surface area contributed by atoms with Crippen molar-refractivity contribution in [3.8, 4) is 0 Å². The molecule has 1 aromatic heterocycles. The summed E-state index contributed by atoms with van der Waals surface area (Å²) in [5, 5.41) is 6.58. The van der Waals surface area contributed by atoms with E-state index in [-0.39, 0.29) is 11.3 Å². The van der Waals surface area contributed by atoms with Gasteiger partial charge in [-0.05, 0) is 19.3 Å². The third kappa shape index (κ3) is 2.33. The number of aromatic amines is 1. The number of carbonyl (C=O) groups is 1. The first kappa shape index (κ1) is 12.1. The summed E-state index contributed by atoms with van der Waals surface area (Å²) in [6.07, 6.45) is 6.82. The summed E-state index contributed by atoms with van der Waals surface area (Å²) in [6.45, 7) is 2.63. The van der Waals surface area contributed by atoms with Gasteiger partial charge in [-0.1, -0.05) is 19.8 Å². The van der Waals surface area contributed by atoms with Crippen molar-refractivity contribution in [2.75, 3.05) is 7.05 Å². The molecular formula is C12H20N4O. The van der Waals surface area contributed by atoms with Crippen LogP contribution in [0.3, 0.4) is 0 Å². The molecule has 5 nitrogen and oxygen atoms in total. The number of hydrogen-bond acceptors (Lipinski definition) is 3. The molecule has 17 heavy (non-hydrogen) atoms. The molecular weight excluding hydrogens is 216 g/mol. The van der Waals surface area contributed by atoms with Crippen LogP contribution in [0.4, 0.5) is 0 Å². The monoisotopic (exact) mass is 236 g/mol. The number of hydrogen-bond donors (Lipinski definition) is 1. The second-order valence-corrected chi connectivity index (χ2v) is 4.93. The molecule has 0 saturated heterocycles. The Morgan fingerprint density at radius 2 is 2.24 bits per heavy atom. The van der Waals surface area contributed by atoms with Gasteiger partial charge in [0.2, 0.25) is 5.91 Å². The molecule has 0 aromatic carbocycles. The smallest absolute Gasteiger partial charge is 0.228 e. The molecule has 0 unspecified atom stereocenters. The number of nitrogens with zero attached hydrogens (tertiary/aromatic N) is 3. The first-order valence-electron chi connectivity index (χ1n) is 6.28. The SMILES string of the molecule is CCC1(C(=O)N(C)Cc2ncn[nH]2)CCCC1. The molecule has 0 spiro atoms. The van der Waals surface area contributed by atoms with Crippen LogP contribution in [0.1, 0.15) is 44.9 Å². The summed E-state index contributed by atoms with van der Waals surface area (Å²) in [5.74, 6) is 0.999. The van der Waals surface area contributed by atoms with Crippen LogP contribution in [0.5, 0.6) is 0 Å². The van der Waals surface area contributed by atoms with Gasteiger partial charge in [0, 0.05) is 12.5 Å². The van der Waals surface area contributed by atoms with E-state index in [0.29, 0.717) is 6.54 Å². The largest absolute Gasteiger partial charge is 0.338 e. The van der Waals surface area contributed by atoms with Crippen molar-refractivity contribution in [2.45, 2.75) is 45.6 Å². The molecule has 1 aliphatic rings. The van der Waals surface area contributed by atoms with E-state index in [4.69, 9.17) is 0 Å². The number of rotatable bonds is 4. The molecule has 94 valence electrons. The van der Waals surface area contributed by atoms with Gasteiger partial charge >= 0.3 is 0 Å². The Morgan fingerprint density at radius 3 is 2.76 bits per heavy atom. The van der Waals surface area contributed by atoms with Gasteiger partial charge in [-0.3, -0.25) is 9.89 Å². The molecule has 2 rings (SSSR count). The summed E-state index contributed by atoms with van der Waals surface area (Å²) in [5.41, 5.74) is -0.116. The fourth-order valence-corrected chi connectivity index (χ4v) is 2.78. The maximum absolute atomic E-state index is 12.5. The minimum atomic E-state index is -0.116. The van der Waals surface area contributed by atoms with E-state index in [1.807, 2.05) is 7.05 Å². The molecule has 1 amide bonds. The van der Waals surface area contributed by atoms with Crippen molar-refractivity contribution in [1.82, 2.24) is 20.1 Å². The molecule has 1 aromatic rings. The van der Waals surface area contributed by atoms with E-state index in [1.54, 1.807) is 4.90 Å². The van der Waals surface area contributed by atoms with Crippen molar-refractivity contribution in [3.63, 3.8) is 0 Å². The van der Waals surface area contributed by atoms with Gasteiger partial charge in [-0.15, -0.1) is 0 Å². The van der Waals surface area contributed by atoms with Gasteiger partial charge in [0.05, 0.1) is 6.54 Å². The molecule has 0 bridgehead atoms. The van der Waals surface area contributed by atoms with Gasteiger partial charge in [-0.25, -0.2) is 4.98 Å². The lowest BCUT2D eigenvalue weighted by atomic mass is 9.82. The molecule has 0 atom stereocenters. The van der Waals surface area contributed by atoms with Gasteiger partial charge in [0.15, 0.2) is 0 Å². The van der Waals surface area contributed by atoms with E-state index in [0.717, 1.165) is 25.1 Å². The minimum absolute atomic E-state index is 0.116. The number of carbonyl (C=O) groups excluding carboxylic acids is 1. The molecule has 1 saturated carbocycles. The van der Waals surface area contributed by atoms with Crippen LogP contribution in [0.25, 0.3) is 0 Å². The predicted molar refractivity (Wildman–Crippen MR) is 64.0 cm³/mol. The predicted octanol–water partition coefficient (Wildman–Crippen LogP) is 1.73. The zero-order valence-corrected chi connectivity index (χ0v) is 10.6. The lowest BCUT2D eigenvalue weighted by molar-refractivity contribution is -0.141. The van der Waals surface area contributed by atoms with Gasteiger partial charge < -0.3 is 4.90 Å². The van der Waals surface area contributed by atoms with Crippen LogP contribution < -0.4 is 0 Å². The average Bonchev–Trinajstić information content (AvgIpc) is 2.99. The van der Waals surface area contributed by atoms with E-state index in [1.165, 1.54) is 19.2 Å². The Morgan fingerprint density at radius 1 is 1.53 bits per heavy atom. The molecule has 1 heterocycles. The number of amides is 1. The lowest BCUT2D eigenvalue weighted by Crippen LogP contribution is -2.40. The van der Waals surface area contributed by atoms with Crippen LogP contribution in [0.15, 0.2) is 6.33 Å². The summed E-state index contributed by atoms with van der Waals surface area (Å²) < 4.78 is 0. The highest BCUT2D eigenvalue weighted by Crippen LogP contribution is 2.42. The van der Waals surface area contributed by atoms with Crippen LogP contribution in [-0.4, -0.2) is 33.0 Å². The van der Waals surface area contributed by atoms with Gasteiger partial charge in [0.1, 0.15) is 12.2 Å². The van der Waals surface area contributed by atoms with Gasteiger partial charge in [0.25, 0.3) is 0 Å². The van der Waals surface area contributed by atoms with E-state index < -0.39 is 0 Å². The highest BCUT2D eigenvalue weighted by atomic mass is 16.2. The number of aromatic nitrogens is 3. The first-order valence-corrected chi connectivity index (χ1v) is 6.28.